The molecular formula is C15H18N2O2. The Morgan fingerprint density at radius 2 is 2.26 bits per heavy atom. The SMILES string of the molecule is Cc1nc2ccc(C3(C4CCNC4)COC3)cc2o1. The summed E-state index contributed by atoms with van der Waals surface area (Å²) in [4.78, 5) is 4.37. The zero-order valence-corrected chi connectivity index (χ0v) is 11.1. The smallest absolute Gasteiger partial charge is 0.192 e. The summed E-state index contributed by atoms with van der Waals surface area (Å²) in [5, 5.41) is 3.47. The first-order valence-electron chi connectivity index (χ1n) is 6.94. The summed E-state index contributed by atoms with van der Waals surface area (Å²) in [6.45, 7) is 5.77. The maximum absolute atomic E-state index is 5.67. The third kappa shape index (κ3) is 1.63. The number of oxazole rings is 1. The first kappa shape index (κ1) is 11.4. The zero-order valence-electron chi connectivity index (χ0n) is 11.1. The molecule has 0 saturated carbocycles. The molecule has 2 saturated heterocycles. The van der Waals surface area contributed by atoms with Gasteiger partial charge in [0.1, 0.15) is 5.52 Å². The number of nitrogens with one attached hydrogen (secondary N) is 1. The van der Waals surface area contributed by atoms with E-state index in [1.165, 1.54) is 12.0 Å². The molecule has 0 amide bonds. The van der Waals surface area contributed by atoms with Crippen LogP contribution >= 0.6 is 0 Å². The van der Waals surface area contributed by atoms with Crippen molar-refractivity contribution in [3.8, 4) is 0 Å². The van der Waals surface area contributed by atoms with E-state index < -0.39 is 0 Å². The number of rotatable bonds is 2. The largest absolute Gasteiger partial charge is 0.441 e. The highest BCUT2D eigenvalue weighted by molar-refractivity contribution is 5.74. The monoisotopic (exact) mass is 258 g/mol. The van der Waals surface area contributed by atoms with Gasteiger partial charge in [0.05, 0.1) is 13.2 Å². The van der Waals surface area contributed by atoms with E-state index in [-0.39, 0.29) is 5.41 Å². The number of hydrogen-bond donors (Lipinski definition) is 1. The molecule has 1 unspecified atom stereocenters. The van der Waals surface area contributed by atoms with Crippen LogP contribution in [0.2, 0.25) is 0 Å². The van der Waals surface area contributed by atoms with Crippen molar-refractivity contribution in [1.82, 2.24) is 10.3 Å². The van der Waals surface area contributed by atoms with Crippen LogP contribution in [0.5, 0.6) is 0 Å². The van der Waals surface area contributed by atoms with Crippen LogP contribution < -0.4 is 5.32 Å². The molecule has 1 N–H and O–H groups in total. The van der Waals surface area contributed by atoms with E-state index in [0.717, 1.165) is 43.3 Å². The van der Waals surface area contributed by atoms with Crippen LogP contribution in [0.15, 0.2) is 22.6 Å². The summed E-state index contributed by atoms with van der Waals surface area (Å²) in [5.74, 6) is 1.40. The normalized spacial score (nSPS) is 25.6. The van der Waals surface area contributed by atoms with Crippen LogP contribution in [0, 0.1) is 12.8 Å². The van der Waals surface area contributed by atoms with Gasteiger partial charge in [-0.1, -0.05) is 6.07 Å². The Morgan fingerprint density at radius 1 is 1.37 bits per heavy atom. The second-order valence-electron chi connectivity index (χ2n) is 5.75. The minimum Gasteiger partial charge on any atom is -0.441 e. The maximum Gasteiger partial charge on any atom is 0.192 e. The number of nitrogens with zero attached hydrogens (tertiary/aromatic N) is 1. The Bertz CT molecular complexity index is 610. The average Bonchev–Trinajstić information content (AvgIpc) is 2.95. The van der Waals surface area contributed by atoms with Gasteiger partial charge in [-0.15, -0.1) is 0 Å². The quantitative estimate of drug-likeness (QED) is 0.895. The van der Waals surface area contributed by atoms with E-state index in [0.29, 0.717) is 5.92 Å². The topological polar surface area (TPSA) is 47.3 Å². The standard InChI is InChI=1S/C15H18N2O2/c1-10-17-13-3-2-11(6-14(13)19-10)15(8-18-9-15)12-4-5-16-7-12/h2-3,6,12,16H,4-5,7-9H2,1H3. The molecule has 3 heterocycles. The minimum atomic E-state index is 0.179. The van der Waals surface area contributed by atoms with Crippen LogP contribution in [0.3, 0.4) is 0 Å². The number of fused-ring (bicyclic) bond motifs is 1. The van der Waals surface area contributed by atoms with Gasteiger partial charge in [-0.25, -0.2) is 4.98 Å². The molecule has 19 heavy (non-hydrogen) atoms. The molecule has 100 valence electrons. The van der Waals surface area contributed by atoms with E-state index in [1.54, 1.807) is 0 Å². The molecule has 1 aromatic carbocycles. The van der Waals surface area contributed by atoms with Gasteiger partial charge in [-0.3, -0.25) is 0 Å². The molecule has 4 heteroatoms. The van der Waals surface area contributed by atoms with Gasteiger partial charge in [-0.2, -0.15) is 0 Å². The lowest BCUT2D eigenvalue weighted by Crippen LogP contribution is -2.53. The minimum absolute atomic E-state index is 0.179. The van der Waals surface area contributed by atoms with Crippen molar-refractivity contribution in [3.05, 3.63) is 29.7 Å². The van der Waals surface area contributed by atoms with Gasteiger partial charge >= 0.3 is 0 Å². The van der Waals surface area contributed by atoms with Gasteiger partial charge < -0.3 is 14.5 Å². The van der Waals surface area contributed by atoms with Crippen LogP contribution in [0.1, 0.15) is 17.9 Å². The Hall–Kier alpha value is -1.39. The lowest BCUT2D eigenvalue weighted by atomic mass is 9.68. The van der Waals surface area contributed by atoms with Crippen molar-refractivity contribution >= 4 is 11.1 Å². The first-order valence-corrected chi connectivity index (χ1v) is 6.94. The second-order valence-corrected chi connectivity index (χ2v) is 5.75. The van der Waals surface area contributed by atoms with E-state index in [1.807, 2.05) is 6.92 Å². The Morgan fingerprint density at radius 3 is 2.95 bits per heavy atom. The van der Waals surface area contributed by atoms with E-state index in [9.17, 15) is 0 Å². The molecule has 1 aromatic heterocycles. The zero-order chi connectivity index (χ0) is 12.9. The maximum atomic E-state index is 5.67. The third-order valence-corrected chi connectivity index (χ3v) is 4.63. The van der Waals surface area contributed by atoms with Crippen LogP contribution in [0.4, 0.5) is 0 Å². The lowest BCUT2D eigenvalue weighted by molar-refractivity contribution is -0.0868. The van der Waals surface area contributed by atoms with Crippen molar-refractivity contribution in [2.24, 2.45) is 5.92 Å². The second kappa shape index (κ2) is 4.05. The highest BCUT2D eigenvalue weighted by Crippen LogP contribution is 2.42. The molecule has 4 nitrogen and oxygen atoms in total. The molecule has 2 fully saturated rings. The van der Waals surface area contributed by atoms with E-state index in [2.05, 4.69) is 28.5 Å². The highest BCUT2D eigenvalue weighted by Gasteiger charge is 2.47. The highest BCUT2D eigenvalue weighted by atomic mass is 16.5. The Balaban J connectivity index is 1.78. The number of ether oxygens (including phenoxy) is 1. The lowest BCUT2D eigenvalue weighted by Gasteiger charge is -2.46. The van der Waals surface area contributed by atoms with E-state index >= 15 is 0 Å². The van der Waals surface area contributed by atoms with Crippen molar-refractivity contribution in [2.75, 3.05) is 26.3 Å². The fourth-order valence-electron chi connectivity index (χ4n) is 3.44. The van der Waals surface area contributed by atoms with Crippen molar-refractivity contribution in [1.29, 1.82) is 0 Å². The molecule has 2 aliphatic rings. The Labute approximate surface area is 112 Å². The first-order chi connectivity index (χ1) is 9.28. The number of aryl methyl sites for hydroxylation is 1. The number of aromatic nitrogens is 1. The molecule has 2 aliphatic heterocycles. The summed E-state index contributed by atoms with van der Waals surface area (Å²) < 4.78 is 11.2. The van der Waals surface area contributed by atoms with Crippen LogP contribution in [-0.4, -0.2) is 31.3 Å². The van der Waals surface area contributed by atoms with Gasteiger partial charge in [0, 0.05) is 12.3 Å². The number of hydrogen-bond acceptors (Lipinski definition) is 4. The van der Waals surface area contributed by atoms with Gasteiger partial charge in [0.15, 0.2) is 11.5 Å². The van der Waals surface area contributed by atoms with Crippen molar-refractivity contribution in [2.45, 2.75) is 18.8 Å². The predicted molar refractivity (Wildman–Crippen MR) is 72.2 cm³/mol. The summed E-state index contributed by atoms with van der Waals surface area (Å²) in [5.41, 5.74) is 3.36. The van der Waals surface area contributed by atoms with E-state index in [4.69, 9.17) is 9.15 Å². The van der Waals surface area contributed by atoms with Crippen molar-refractivity contribution < 1.29 is 9.15 Å². The molecule has 4 rings (SSSR count). The fraction of sp³-hybridized carbons (Fsp3) is 0.533. The third-order valence-electron chi connectivity index (χ3n) is 4.63. The molecule has 0 radical (unpaired) electrons. The summed E-state index contributed by atoms with van der Waals surface area (Å²) in [7, 11) is 0. The summed E-state index contributed by atoms with van der Waals surface area (Å²) in [6.07, 6.45) is 1.23. The molecule has 0 aliphatic carbocycles. The molecule has 0 spiro atoms. The Kier molecular flexibility index (Phi) is 2.44. The molecule has 1 atom stereocenters. The average molecular weight is 258 g/mol. The number of benzene rings is 1. The molecule has 2 aromatic rings. The van der Waals surface area contributed by atoms with Crippen LogP contribution in [-0.2, 0) is 10.2 Å². The molecular weight excluding hydrogens is 240 g/mol. The van der Waals surface area contributed by atoms with Crippen LogP contribution in [0.25, 0.3) is 11.1 Å². The summed E-state index contributed by atoms with van der Waals surface area (Å²) in [6, 6.07) is 6.44. The van der Waals surface area contributed by atoms with Gasteiger partial charge in [-0.05, 0) is 43.1 Å². The van der Waals surface area contributed by atoms with Gasteiger partial charge in [0.2, 0.25) is 0 Å². The van der Waals surface area contributed by atoms with Gasteiger partial charge in [0.25, 0.3) is 0 Å². The summed E-state index contributed by atoms with van der Waals surface area (Å²) >= 11 is 0. The molecule has 0 bridgehead atoms. The van der Waals surface area contributed by atoms with Crippen molar-refractivity contribution in [3.63, 3.8) is 0 Å². The fourth-order valence-corrected chi connectivity index (χ4v) is 3.44. The predicted octanol–water partition coefficient (Wildman–Crippen LogP) is 2.01.